The van der Waals surface area contributed by atoms with E-state index < -0.39 is 0 Å². The number of nitrogens with one attached hydrogen (secondary N) is 1. The van der Waals surface area contributed by atoms with Gasteiger partial charge in [0.1, 0.15) is 0 Å². The molecule has 1 saturated heterocycles. The van der Waals surface area contributed by atoms with Gasteiger partial charge in [0.05, 0.1) is 10.7 Å². The molecule has 3 nitrogen and oxygen atoms in total. The summed E-state index contributed by atoms with van der Waals surface area (Å²) in [4.78, 5) is 7.03. The molecular weight excluding hydrogens is 230 g/mol. The van der Waals surface area contributed by atoms with Gasteiger partial charge in [0.25, 0.3) is 0 Å². The van der Waals surface area contributed by atoms with Crippen LogP contribution < -0.4 is 5.32 Å². The summed E-state index contributed by atoms with van der Waals surface area (Å²) in [5.74, 6) is 0. The fourth-order valence-corrected chi connectivity index (χ4v) is 3.06. The molecule has 0 bridgehead atoms. The van der Waals surface area contributed by atoms with Gasteiger partial charge in [-0.25, -0.2) is 4.98 Å². The van der Waals surface area contributed by atoms with Crippen molar-refractivity contribution in [3.63, 3.8) is 0 Å². The molecule has 2 atom stereocenters. The van der Waals surface area contributed by atoms with E-state index in [1.165, 1.54) is 30.1 Å². The van der Waals surface area contributed by atoms with E-state index in [2.05, 4.69) is 41.5 Å². The highest BCUT2D eigenvalue weighted by molar-refractivity contribution is 7.09. The third-order valence-corrected chi connectivity index (χ3v) is 4.72. The fourth-order valence-electron chi connectivity index (χ4n) is 2.32. The van der Waals surface area contributed by atoms with Crippen molar-refractivity contribution < 1.29 is 0 Å². The summed E-state index contributed by atoms with van der Waals surface area (Å²) in [6.45, 7) is 6.61. The van der Waals surface area contributed by atoms with E-state index >= 15 is 0 Å². The zero-order valence-corrected chi connectivity index (χ0v) is 11.9. The van der Waals surface area contributed by atoms with Gasteiger partial charge in [0.15, 0.2) is 0 Å². The molecule has 0 saturated carbocycles. The Labute approximate surface area is 108 Å². The van der Waals surface area contributed by atoms with Crippen molar-refractivity contribution in [1.82, 2.24) is 15.2 Å². The van der Waals surface area contributed by atoms with E-state index in [-0.39, 0.29) is 0 Å². The Hall–Kier alpha value is -0.450. The summed E-state index contributed by atoms with van der Waals surface area (Å²) in [5, 5.41) is 7.08. The lowest BCUT2D eigenvalue weighted by atomic mass is 9.99. The molecule has 2 heterocycles. The molecule has 0 aliphatic carbocycles. The number of thiazole rings is 1. The van der Waals surface area contributed by atoms with Crippen LogP contribution in [0.2, 0.25) is 0 Å². The minimum Gasteiger partial charge on any atom is -0.308 e. The molecule has 1 N–H and O–H groups in total. The smallest absolute Gasteiger partial charge is 0.0926 e. The Morgan fingerprint density at radius 1 is 1.59 bits per heavy atom. The summed E-state index contributed by atoms with van der Waals surface area (Å²) in [6.07, 6.45) is 3.56. The number of rotatable bonds is 4. The van der Waals surface area contributed by atoms with Crippen molar-refractivity contribution in [3.05, 3.63) is 16.1 Å². The molecule has 2 unspecified atom stereocenters. The quantitative estimate of drug-likeness (QED) is 0.892. The van der Waals surface area contributed by atoms with Crippen LogP contribution in [0, 0.1) is 0 Å². The summed E-state index contributed by atoms with van der Waals surface area (Å²) in [5.41, 5.74) is 1.21. The van der Waals surface area contributed by atoms with Crippen LogP contribution >= 0.6 is 11.3 Å². The maximum atomic E-state index is 4.59. The van der Waals surface area contributed by atoms with Crippen molar-refractivity contribution in [2.45, 2.75) is 51.7 Å². The van der Waals surface area contributed by atoms with Crippen molar-refractivity contribution in [2.24, 2.45) is 0 Å². The number of piperidine rings is 1. The topological polar surface area (TPSA) is 28.2 Å². The van der Waals surface area contributed by atoms with E-state index in [0.29, 0.717) is 12.1 Å². The van der Waals surface area contributed by atoms with Gasteiger partial charge in [-0.3, -0.25) is 0 Å². The number of aromatic nitrogens is 1. The Bertz CT molecular complexity index is 350. The average molecular weight is 253 g/mol. The zero-order chi connectivity index (χ0) is 12.3. The molecule has 0 spiro atoms. The molecule has 1 aromatic rings. The van der Waals surface area contributed by atoms with Crippen LogP contribution in [0.4, 0.5) is 0 Å². The second-order valence-corrected chi connectivity index (χ2v) is 5.96. The van der Waals surface area contributed by atoms with Crippen LogP contribution in [-0.4, -0.2) is 35.6 Å². The molecule has 1 fully saturated rings. The molecule has 1 aliphatic heterocycles. The normalized spacial score (nSPS) is 26.3. The first-order valence-corrected chi connectivity index (χ1v) is 7.44. The first-order valence-electron chi connectivity index (χ1n) is 6.56. The molecule has 0 aromatic carbocycles. The predicted molar refractivity (Wildman–Crippen MR) is 73.4 cm³/mol. The van der Waals surface area contributed by atoms with Gasteiger partial charge in [-0.2, -0.15) is 0 Å². The SMILES string of the molecule is CCc1nc(CNC2CCN(C)C(C)C2)cs1. The van der Waals surface area contributed by atoms with Crippen LogP contribution in [0.1, 0.15) is 37.4 Å². The van der Waals surface area contributed by atoms with E-state index in [1.807, 2.05) is 0 Å². The Morgan fingerprint density at radius 2 is 2.41 bits per heavy atom. The van der Waals surface area contributed by atoms with Gasteiger partial charge in [-0.1, -0.05) is 6.92 Å². The standard InChI is InChI=1S/C13H23N3S/c1-4-13-15-12(9-17-13)8-14-11-5-6-16(3)10(2)7-11/h9-11,14H,4-8H2,1-3H3. The highest BCUT2D eigenvalue weighted by Crippen LogP contribution is 2.16. The van der Waals surface area contributed by atoms with Crippen molar-refractivity contribution >= 4 is 11.3 Å². The second kappa shape index (κ2) is 5.94. The first kappa shape index (κ1) is 13.0. The maximum Gasteiger partial charge on any atom is 0.0926 e. The zero-order valence-electron chi connectivity index (χ0n) is 11.1. The highest BCUT2D eigenvalue weighted by Gasteiger charge is 2.22. The summed E-state index contributed by atoms with van der Waals surface area (Å²) >= 11 is 1.78. The van der Waals surface area contributed by atoms with Crippen LogP contribution in [0.25, 0.3) is 0 Å². The lowest BCUT2D eigenvalue weighted by Gasteiger charge is -2.35. The Morgan fingerprint density at radius 3 is 3.06 bits per heavy atom. The number of likely N-dealkylation sites (tertiary alicyclic amines) is 1. The van der Waals surface area contributed by atoms with Crippen LogP contribution in [-0.2, 0) is 13.0 Å². The fraction of sp³-hybridized carbons (Fsp3) is 0.769. The Kier molecular flexibility index (Phi) is 4.54. The minimum absolute atomic E-state index is 0.660. The molecule has 0 radical (unpaired) electrons. The maximum absolute atomic E-state index is 4.59. The molecule has 0 amide bonds. The van der Waals surface area contributed by atoms with Gasteiger partial charge < -0.3 is 10.2 Å². The molecule has 17 heavy (non-hydrogen) atoms. The van der Waals surface area contributed by atoms with Gasteiger partial charge >= 0.3 is 0 Å². The number of aryl methyl sites for hydroxylation is 1. The van der Waals surface area contributed by atoms with Crippen LogP contribution in [0.15, 0.2) is 5.38 Å². The first-order chi connectivity index (χ1) is 8.19. The van der Waals surface area contributed by atoms with Crippen molar-refractivity contribution in [3.8, 4) is 0 Å². The lowest BCUT2D eigenvalue weighted by molar-refractivity contribution is 0.168. The summed E-state index contributed by atoms with van der Waals surface area (Å²) < 4.78 is 0. The largest absolute Gasteiger partial charge is 0.308 e. The van der Waals surface area contributed by atoms with E-state index in [1.54, 1.807) is 11.3 Å². The molecule has 2 rings (SSSR count). The van der Waals surface area contributed by atoms with Crippen molar-refractivity contribution in [1.29, 1.82) is 0 Å². The lowest BCUT2D eigenvalue weighted by Crippen LogP contribution is -2.45. The Balaban J connectivity index is 1.78. The third kappa shape index (κ3) is 3.50. The van der Waals surface area contributed by atoms with Gasteiger partial charge in [0, 0.05) is 24.0 Å². The molecule has 1 aliphatic rings. The predicted octanol–water partition coefficient (Wildman–Crippen LogP) is 2.28. The molecular formula is C13H23N3S. The number of hydrogen-bond donors (Lipinski definition) is 1. The molecule has 1 aromatic heterocycles. The summed E-state index contributed by atoms with van der Waals surface area (Å²) in [7, 11) is 2.22. The molecule has 96 valence electrons. The summed E-state index contributed by atoms with van der Waals surface area (Å²) in [6, 6.07) is 1.36. The van der Waals surface area contributed by atoms with Gasteiger partial charge in [-0.15, -0.1) is 11.3 Å². The monoisotopic (exact) mass is 253 g/mol. The van der Waals surface area contributed by atoms with Gasteiger partial charge in [0.2, 0.25) is 0 Å². The van der Waals surface area contributed by atoms with E-state index in [0.717, 1.165) is 13.0 Å². The van der Waals surface area contributed by atoms with Crippen LogP contribution in [0.5, 0.6) is 0 Å². The van der Waals surface area contributed by atoms with E-state index in [9.17, 15) is 0 Å². The number of nitrogens with zero attached hydrogens (tertiary/aromatic N) is 2. The third-order valence-electron chi connectivity index (χ3n) is 3.68. The van der Waals surface area contributed by atoms with Crippen LogP contribution in [0.3, 0.4) is 0 Å². The van der Waals surface area contributed by atoms with Crippen molar-refractivity contribution in [2.75, 3.05) is 13.6 Å². The average Bonchev–Trinajstić information content (AvgIpc) is 2.79. The van der Waals surface area contributed by atoms with E-state index in [4.69, 9.17) is 0 Å². The van der Waals surface area contributed by atoms with Gasteiger partial charge in [-0.05, 0) is 39.8 Å². The second-order valence-electron chi connectivity index (χ2n) is 5.02. The minimum atomic E-state index is 0.660. The number of hydrogen-bond acceptors (Lipinski definition) is 4. The molecule has 4 heteroatoms. The highest BCUT2D eigenvalue weighted by atomic mass is 32.1.